The Morgan fingerprint density at radius 3 is 2.71 bits per heavy atom. The zero-order valence-electron chi connectivity index (χ0n) is 14.4. The molecule has 0 saturated carbocycles. The highest BCUT2D eigenvalue weighted by atomic mass is 32.1. The first kappa shape index (κ1) is 17.4. The van der Waals surface area contributed by atoms with Crippen molar-refractivity contribution < 1.29 is 4.90 Å². The molecule has 1 saturated heterocycles. The van der Waals surface area contributed by atoms with Gasteiger partial charge in [-0.05, 0) is 54.7 Å². The molecule has 2 aromatic rings. The van der Waals surface area contributed by atoms with Crippen molar-refractivity contribution in [2.45, 2.75) is 32.7 Å². The van der Waals surface area contributed by atoms with Crippen molar-refractivity contribution in [3.05, 3.63) is 51.7 Å². The maximum Gasteiger partial charge on any atom is 0.171 e. The quantitative estimate of drug-likeness (QED) is 0.716. The molecule has 0 spiro atoms. The SMILES string of the molecule is Cc1cccc(NC(=S)NC[C@H](c2cccs2)[NH+]2CCCC2)c1C. The molecule has 1 fully saturated rings. The molecule has 1 aromatic carbocycles. The normalized spacial score (nSPS) is 16.1. The predicted molar refractivity (Wildman–Crippen MR) is 107 cm³/mol. The Hall–Kier alpha value is -1.43. The minimum absolute atomic E-state index is 0.492. The van der Waals surface area contributed by atoms with Crippen LogP contribution in [-0.2, 0) is 0 Å². The van der Waals surface area contributed by atoms with Gasteiger partial charge in [0, 0.05) is 18.5 Å². The molecule has 1 atom stereocenters. The number of hydrogen-bond acceptors (Lipinski definition) is 2. The van der Waals surface area contributed by atoms with Crippen LogP contribution in [0.3, 0.4) is 0 Å². The first-order valence-electron chi connectivity index (χ1n) is 8.64. The Labute approximate surface area is 154 Å². The summed E-state index contributed by atoms with van der Waals surface area (Å²) in [5.41, 5.74) is 3.62. The van der Waals surface area contributed by atoms with Crippen LogP contribution in [0.25, 0.3) is 0 Å². The fraction of sp³-hybridized carbons (Fsp3) is 0.421. The summed E-state index contributed by atoms with van der Waals surface area (Å²) in [6, 6.07) is 11.2. The van der Waals surface area contributed by atoms with Crippen LogP contribution in [-0.4, -0.2) is 24.7 Å². The van der Waals surface area contributed by atoms with Crippen molar-refractivity contribution >= 4 is 34.4 Å². The fourth-order valence-corrected chi connectivity index (χ4v) is 4.44. The number of anilines is 1. The minimum Gasteiger partial charge on any atom is -0.356 e. The van der Waals surface area contributed by atoms with Crippen molar-refractivity contribution in [1.82, 2.24) is 5.32 Å². The second-order valence-corrected chi connectivity index (χ2v) is 7.90. The fourth-order valence-electron chi connectivity index (χ4n) is 3.36. The van der Waals surface area contributed by atoms with Crippen LogP contribution in [0.2, 0.25) is 0 Å². The van der Waals surface area contributed by atoms with Gasteiger partial charge in [0.15, 0.2) is 5.11 Å². The summed E-state index contributed by atoms with van der Waals surface area (Å²) in [6.45, 7) is 7.67. The first-order chi connectivity index (χ1) is 11.6. The number of benzene rings is 1. The average Bonchev–Trinajstić information content (AvgIpc) is 3.26. The Morgan fingerprint density at radius 2 is 2.00 bits per heavy atom. The molecule has 3 rings (SSSR count). The summed E-state index contributed by atoms with van der Waals surface area (Å²) >= 11 is 7.39. The third-order valence-corrected chi connectivity index (χ3v) is 6.18. The standard InChI is InChI=1S/C19H25N3S2/c1-14-7-5-8-16(15(14)2)21-19(23)20-13-17(18-9-6-12-24-18)22-10-3-4-11-22/h5-9,12,17H,3-4,10-11,13H2,1-2H3,(H2,20,21,23)/p+1/t17-/m1/s1. The summed E-state index contributed by atoms with van der Waals surface area (Å²) in [5, 5.41) is 9.69. The molecular weight excluding hydrogens is 334 g/mol. The first-order valence-corrected chi connectivity index (χ1v) is 9.93. The lowest BCUT2D eigenvalue weighted by Crippen LogP contribution is -3.11. The molecule has 5 heteroatoms. The van der Waals surface area contributed by atoms with E-state index in [1.165, 1.54) is 41.9 Å². The lowest BCUT2D eigenvalue weighted by atomic mass is 10.1. The molecule has 0 bridgehead atoms. The van der Waals surface area contributed by atoms with Crippen molar-refractivity contribution in [2.75, 3.05) is 25.0 Å². The van der Waals surface area contributed by atoms with Gasteiger partial charge in [0.25, 0.3) is 0 Å². The predicted octanol–water partition coefficient (Wildman–Crippen LogP) is 3.07. The zero-order chi connectivity index (χ0) is 16.9. The molecule has 0 amide bonds. The number of thiophene rings is 1. The van der Waals surface area contributed by atoms with Gasteiger partial charge in [0.2, 0.25) is 0 Å². The molecule has 3 nitrogen and oxygen atoms in total. The number of thiocarbonyl (C=S) groups is 1. The van der Waals surface area contributed by atoms with Gasteiger partial charge in [0.05, 0.1) is 24.5 Å². The molecule has 1 aliphatic rings. The second-order valence-electron chi connectivity index (χ2n) is 6.52. The van der Waals surface area contributed by atoms with Crippen molar-refractivity contribution in [1.29, 1.82) is 0 Å². The molecule has 3 N–H and O–H groups in total. The molecule has 128 valence electrons. The van der Waals surface area contributed by atoms with E-state index in [4.69, 9.17) is 12.2 Å². The smallest absolute Gasteiger partial charge is 0.171 e. The van der Waals surface area contributed by atoms with Crippen LogP contribution in [0.4, 0.5) is 5.69 Å². The minimum atomic E-state index is 0.492. The van der Waals surface area contributed by atoms with Crippen molar-refractivity contribution in [3.8, 4) is 0 Å². The van der Waals surface area contributed by atoms with E-state index in [9.17, 15) is 0 Å². The summed E-state index contributed by atoms with van der Waals surface area (Å²) < 4.78 is 0. The van der Waals surface area contributed by atoms with E-state index < -0.39 is 0 Å². The second kappa shape index (κ2) is 8.10. The monoisotopic (exact) mass is 360 g/mol. The summed E-state index contributed by atoms with van der Waals surface area (Å²) in [7, 11) is 0. The average molecular weight is 361 g/mol. The molecular formula is C19H26N3S2+. The van der Waals surface area contributed by atoms with Gasteiger partial charge in [-0.3, -0.25) is 0 Å². The van der Waals surface area contributed by atoms with Crippen LogP contribution in [0.1, 0.15) is 34.9 Å². The number of nitrogens with one attached hydrogen (secondary N) is 3. The van der Waals surface area contributed by atoms with Gasteiger partial charge >= 0.3 is 0 Å². The van der Waals surface area contributed by atoms with E-state index in [0.717, 1.165) is 12.2 Å². The molecule has 0 unspecified atom stereocenters. The Kier molecular flexibility index (Phi) is 5.87. The largest absolute Gasteiger partial charge is 0.356 e. The topological polar surface area (TPSA) is 28.5 Å². The highest BCUT2D eigenvalue weighted by Gasteiger charge is 2.28. The van der Waals surface area contributed by atoms with Gasteiger partial charge in [-0.15, -0.1) is 11.3 Å². The maximum absolute atomic E-state index is 5.53. The lowest BCUT2D eigenvalue weighted by Gasteiger charge is -2.24. The van der Waals surface area contributed by atoms with Crippen LogP contribution < -0.4 is 15.5 Å². The van der Waals surface area contributed by atoms with Crippen molar-refractivity contribution in [2.24, 2.45) is 0 Å². The third-order valence-electron chi connectivity index (χ3n) is 4.94. The van der Waals surface area contributed by atoms with E-state index in [1.807, 2.05) is 11.3 Å². The molecule has 0 aliphatic carbocycles. The molecule has 2 heterocycles. The van der Waals surface area contributed by atoms with E-state index in [2.05, 4.69) is 60.2 Å². The van der Waals surface area contributed by atoms with Gasteiger partial charge in [-0.2, -0.15) is 0 Å². The third kappa shape index (κ3) is 4.15. The highest BCUT2D eigenvalue weighted by molar-refractivity contribution is 7.80. The molecule has 0 radical (unpaired) electrons. The molecule has 24 heavy (non-hydrogen) atoms. The number of quaternary nitrogens is 1. The van der Waals surface area contributed by atoms with Crippen LogP contribution in [0.15, 0.2) is 35.7 Å². The highest BCUT2D eigenvalue weighted by Crippen LogP contribution is 2.19. The van der Waals surface area contributed by atoms with Gasteiger partial charge in [-0.25, -0.2) is 0 Å². The van der Waals surface area contributed by atoms with Gasteiger partial charge < -0.3 is 15.5 Å². The Morgan fingerprint density at radius 1 is 1.21 bits per heavy atom. The summed E-state index contributed by atoms with van der Waals surface area (Å²) in [4.78, 5) is 3.13. The van der Waals surface area contributed by atoms with E-state index in [0.29, 0.717) is 11.2 Å². The van der Waals surface area contributed by atoms with Gasteiger partial charge in [-0.1, -0.05) is 18.2 Å². The van der Waals surface area contributed by atoms with Crippen LogP contribution >= 0.6 is 23.6 Å². The number of hydrogen-bond donors (Lipinski definition) is 3. The van der Waals surface area contributed by atoms with E-state index >= 15 is 0 Å². The molecule has 1 aromatic heterocycles. The van der Waals surface area contributed by atoms with E-state index in [-0.39, 0.29) is 0 Å². The summed E-state index contributed by atoms with van der Waals surface area (Å²) in [6.07, 6.45) is 2.67. The molecule has 1 aliphatic heterocycles. The van der Waals surface area contributed by atoms with Gasteiger partial charge in [0.1, 0.15) is 6.04 Å². The van der Waals surface area contributed by atoms with Crippen LogP contribution in [0.5, 0.6) is 0 Å². The van der Waals surface area contributed by atoms with Crippen LogP contribution in [0, 0.1) is 13.8 Å². The Balaban J connectivity index is 1.62. The lowest BCUT2D eigenvalue weighted by molar-refractivity contribution is -0.918. The maximum atomic E-state index is 5.53. The number of aryl methyl sites for hydroxylation is 1. The zero-order valence-corrected chi connectivity index (χ0v) is 16.0. The Bertz CT molecular complexity index is 676. The van der Waals surface area contributed by atoms with E-state index in [1.54, 1.807) is 4.90 Å². The summed E-state index contributed by atoms with van der Waals surface area (Å²) in [5.74, 6) is 0. The number of likely N-dealkylation sites (tertiary alicyclic amines) is 1. The number of rotatable bonds is 5. The van der Waals surface area contributed by atoms with Crippen molar-refractivity contribution in [3.63, 3.8) is 0 Å².